The molecule has 0 bridgehead atoms. The van der Waals surface area contributed by atoms with Gasteiger partial charge in [-0.2, -0.15) is 0 Å². The van der Waals surface area contributed by atoms with Crippen molar-refractivity contribution in [1.29, 1.82) is 0 Å². The maximum absolute atomic E-state index is 12.3. The van der Waals surface area contributed by atoms with Crippen molar-refractivity contribution in [3.63, 3.8) is 0 Å². The number of aromatic nitrogens is 1. The van der Waals surface area contributed by atoms with Crippen LogP contribution in [0.25, 0.3) is 10.9 Å². The zero-order valence-corrected chi connectivity index (χ0v) is 11.2. The molecule has 2 nitrogen and oxygen atoms in total. The van der Waals surface area contributed by atoms with Gasteiger partial charge in [0.2, 0.25) is 0 Å². The molecule has 1 aromatic heterocycles. The minimum atomic E-state index is 0. The van der Waals surface area contributed by atoms with Crippen LogP contribution in [-0.2, 0) is 0 Å². The number of aromatic amines is 1. The Hall–Kier alpha value is -2.35. The van der Waals surface area contributed by atoms with Crippen LogP contribution in [0.15, 0.2) is 60.8 Å². The highest BCUT2D eigenvalue weighted by Crippen LogP contribution is 2.20. The number of para-hydroxylation sites is 1. The lowest BCUT2D eigenvalue weighted by Gasteiger charge is -1.98. The Balaban J connectivity index is 0.000000639. The Kier molecular flexibility index (Phi) is 4.14. The predicted molar refractivity (Wildman–Crippen MR) is 81.6 cm³/mol. The molecule has 2 aromatic carbocycles. The van der Waals surface area contributed by atoms with Gasteiger partial charge in [-0.25, -0.2) is 0 Å². The molecule has 1 heterocycles. The lowest BCUT2D eigenvalue weighted by atomic mass is 10.0. The first-order chi connectivity index (χ1) is 9.36. The number of hydrogen-bond acceptors (Lipinski definition) is 1. The Morgan fingerprint density at radius 2 is 1.58 bits per heavy atom. The molecule has 2 heteroatoms. The second-order valence-corrected chi connectivity index (χ2v) is 3.94. The molecule has 0 atom stereocenters. The van der Waals surface area contributed by atoms with Gasteiger partial charge in [-0.1, -0.05) is 62.4 Å². The summed E-state index contributed by atoms with van der Waals surface area (Å²) in [7, 11) is 0. The second-order valence-electron chi connectivity index (χ2n) is 3.94. The van der Waals surface area contributed by atoms with Crippen LogP contribution >= 0.6 is 0 Å². The van der Waals surface area contributed by atoms with E-state index in [4.69, 9.17) is 0 Å². The summed E-state index contributed by atoms with van der Waals surface area (Å²) in [6, 6.07) is 17.2. The van der Waals surface area contributed by atoms with E-state index < -0.39 is 0 Å². The molecule has 1 N–H and O–H groups in total. The van der Waals surface area contributed by atoms with Crippen molar-refractivity contribution >= 4 is 16.7 Å². The average molecular weight is 253 g/mol. The Labute approximate surface area is 114 Å². The van der Waals surface area contributed by atoms with Crippen LogP contribution in [0, 0.1) is 0 Å². The van der Waals surface area contributed by atoms with Gasteiger partial charge in [0.05, 0.1) is 0 Å². The fourth-order valence-electron chi connectivity index (χ4n) is 2.00. The van der Waals surface area contributed by atoms with Crippen molar-refractivity contribution in [3.8, 4) is 0 Å². The van der Waals surface area contributed by atoms with Gasteiger partial charge in [0.15, 0.2) is 5.78 Å². The number of H-pyrrole nitrogens is 1. The fourth-order valence-corrected chi connectivity index (χ4v) is 2.00. The third-order valence-electron chi connectivity index (χ3n) is 2.87. The van der Waals surface area contributed by atoms with Crippen LogP contribution in [0.5, 0.6) is 0 Å². The lowest BCUT2D eigenvalue weighted by molar-refractivity contribution is 0.104. The minimum Gasteiger partial charge on any atom is -0.360 e. The summed E-state index contributed by atoms with van der Waals surface area (Å²) in [4.78, 5) is 15.4. The van der Waals surface area contributed by atoms with Crippen molar-refractivity contribution in [2.24, 2.45) is 0 Å². The first-order valence-corrected chi connectivity index (χ1v) is 6.52. The third kappa shape index (κ3) is 2.58. The third-order valence-corrected chi connectivity index (χ3v) is 2.87. The van der Waals surface area contributed by atoms with Gasteiger partial charge in [0.1, 0.15) is 0 Å². The zero-order valence-electron chi connectivity index (χ0n) is 11.2. The summed E-state index contributed by atoms with van der Waals surface area (Å²) in [6.45, 7) is 4.00. The van der Waals surface area contributed by atoms with E-state index in [2.05, 4.69) is 4.98 Å². The van der Waals surface area contributed by atoms with Crippen LogP contribution in [-0.4, -0.2) is 10.8 Å². The van der Waals surface area contributed by atoms with E-state index in [0.717, 1.165) is 22.0 Å². The van der Waals surface area contributed by atoms with Crippen LogP contribution in [0.3, 0.4) is 0 Å². The molecule has 0 unspecified atom stereocenters. The molecular weight excluding hydrogens is 234 g/mol. The van der Waals surface area contributed by atoms with Gasteiger partial charge in [0.25, 0.3) is 0 Å². The molecule has 0 aliphatic carbocycles. The number of rotatable bonds is 2. The first-order valence-electron chi connectivity index (χ1n) is 6.52. The van der Waals surface area contributed by atoms with E-state index in [-0.39, 0.29) is 7.21 Å². The summed E-state index contributed by atoms with van der Waals surface area (Å²) >= 11 is 0. The SMILES string of the molecule is CC.O=C(c1ccccc1)c1c[nH]c2ccccc12.[HH]. The van der Waals surface area contributed by atoms with Crippen molar-refractivity contribution in [3.05, 3.63) is 71.9 Å². The normalized spacial score (nSPS) is 9.79. The van der Waals surface area contributed by atoms with Crippen molar-refractivity contribution in [2.45, 2.75) is 13.8 Å². The largest absolute Gasteiger partial charge is 0.360 e. The minimum absolute atomic E-state index is 0. The number of ketones is 1. The summed E-state index contributed by atoms with van der Waals surface area (Å²) in [6.07, 6.45) is 1.78. The molecule has 3 aromatic rings. The first kappa shape index (κ1) is 13.1. The molecule has 0 spiro atoms. The molecule has 3 rings (SSSR count). The van der Waals surface area contributed by atoms with Gasteiger partial charge >= 0.3 is 0 Å². The summed E-state index contributed by atoms with van der Waals surface area (Å²) in [5.74, 6) is 0.0584. The molecule has 0 radical (unpaired) electrons. The van der Waals surface area contributed by atoms with Gasteiger partial charge in [-0.05, 0) is 6.07 Å². The second kappa shape index (κ2) is 6.01. The smallest absolute Gasteiger partial charge is 0.195 e. The number of carbonyl (C=O) groups excluding carboxylic acids is 1. The van der Waals surface area contributed by atoms with Gasteiger partial charge in [-0.15, -0.1) is 0 Å². The predicted octanol–water partition coefficient (Wildman–Crippen LogP) is 4.67. The molecule has 19 heavy (non-hydrogen) atoms. The number of nitrogens with one attached hydrogen (secondary N) is 1. The Morgan fingerprint density at radius 3 is 2.32 bits per heavy atom. The summed E-state index contributed by atoms with van der Waals surface area (Å²) < 4.78 is 0. The number of hydrogen-bond donors (Lipinski definition) is 1. The molecule has 0 amide bonds. The van der Waals surface area contributed by atoms with Crippen molar-refractivity contribution < 1.29 is 6.22 Å². The van der Waals surface area contributed by atoms with Gasteiger partial charge in [-0.3, -0.25) is 4.79 Å². The topological polar surface area (TPSA) is 32.9 Å². The molecule has 0 aliphatic heterocycles. The van der Waals surface area contributed by atoms with E-state index in [0.29, 0.717) is 0 Å². The summed E-state index contributed by atoms with van der Waals surface area (Å²) in [5.41, 5.74) is 2.44. The summed E-state index contributed by atoms with van der Waals surface area (Å²) in [5, 5.41) is 0.973. The van der Waals surface area contributed by atoms with Crippen LogP contribution in [0.4, 0.5) is 0 Å². The van der Waals surface area contributed by atoms with Crippen LogP contribution in [0.1, 0.15) is 31.2 Å². The molecule has 0 saturated heterocycles. The average Bonchev–Trinajstić information content (AvgIpc) is 2.93. The quantitative estimate of drug-likeness (QED) is 0.661. The number of benzene rings is 2. The maximum Gasteiger partial charge on any atom is 0.195 e. The van der Waals surface area contributed by atoms with E-state index in [9.17, 15) is 4.79 Å². The van der Waals surface area contributed by atoms with Crippen molar-refractivity contribution in [1.82, 2.24) is 4.98 Å². The van der Waals surface area contributed by atoms with Gasteiger partial charge < -0.3 is 4.98 Å². The molecular formula is C17H19NO. The molecule has 0 saturated carbocycles. The van der Waals surface area contributed by atoms with E-state index in [1.807, 2.05) is 68.4 Å². The van der Waals surface area contributed by atoms with Gasteiger partial charge in [0, 0.05) is 29.7 Å². The lowest BCUT2D eigenvalue weighted by Crippen LogP contribution is -1.99. The highest BCUT2D eigenvalue weighted by atomic mass is 16.1. The van der Waals surface area contributed by atoms with E-state index in [1.54, 1.807) is 6.20 Å². The van der Waals surface area contributed by atoms with Crippen molar-refractivity contribution in [2.75, 3.05) is 0 Å². The highest BCUT2D eigenvalue weighted by molar-refractivity contribution is 6.16. The van der Waals surface area contributed by atoms with Crippen LogP contribution in [0.2, 0.25) is 0 Å². The molecule has 98 valence electrons. The number of fused-ring (bicyclic) bond motifs is 1. The van der Waals surface area contributed by atoms with E-state index in [1.165, 1.54) is 0 Å². The fraction of sp³-hybridized carbons (Fsp3) is 0.118. The van der Waals surface area contributed by atoms with E-state index >= 15 is 0 Å². The standard InChI is InChI=1S/C15H11NO.C2H6.H2/c17-15(11-6-2-1-3-7-11)13-10-16-14-9-5-4-8-12(13)14;1-2;/h1-10,16H;1-2H3;1H. The Bertz CT molecular complexity index is 674. The molecule has 0 fully saturated rings. The molecule has 0 aliphatic rings. The number of carbonyl (C=O) groups is 1. The zero-order chi connectivity index (χ0) is 13.7. The monoisotopic (exact) mass is 253 g/mol. The maximum atomic E-state index is 12.3. The highest BCUT2D eigenvalue weighted by Gasteiger charge is 2.12. The van der Waals surface area contributed by atoms with Crippen LogP contribution < -0.4 is 0 Å². The Morgan fingerprint density at radius 1 is 0.947 bits per heavy atom.